The first-order chi connectivity index (χ1) is 11.7. The Bertz CT molecular complexity index is 566. The first-order valence-electron chi connectivity index (χ1n) is 8.69. The van der Waals surface area contributed by atoms with Crippen molar-refractivity contribution in [1.82, 2.24) is 9.80 Å². The molecule has 0 saturated heterocycles. The van der Waals surface area contributed by atoms with Gasteiger partial charge < -0.3 is 10.2 Å². The molecule has 2 amide bonds. The number of likely N-dealkylation sites (N-methyl/N-ethyl adjacent to an activating group) is 1. The summed E-state index contributed by atoms with van der Waals surface area (Å²) in [5.41, 5.74) is 0.579. The topological polar surface area (TPSA) is 52.7 Å². The van der Waals surface area contributed by atoms with E-state index in [2.05, 4.69) is 33.0 Å². The zero-order chi connectivity index (χ0) is 19.0. The Kier molecular flexibility index (Phi) is 8.93. The maximum Gasteiger partial charge on any atom is 0.238 e. The van der Waals surface area contributed by atoms with E-state index in [0.717, 1.165) is 13.1 Å². The number of nitrogens with one attached hydrogen (secondary N) is 1. The molecule has 0 aliphatic carbocycles. The summed E-state index contributed by atoms with van der Waals surface area (Å²) in [6.45, 7) is 10.2. The highest BCUT2D eigenvalue weighted by molar-refractivity contribution is 6.33. The van der Waals surface area contributed by atoms with E-state index in [1.807, 2.05) is 11.0 Å². The summed E-state index contributed by atoms with van der Waals surface area (Å²) in [6.07, 6.45) is 0. The van der Waals surface area contributed by atoms with E-state index in [-0.39, 0.29) is 24.9 Å². The van der Waals surface area contributed by atoms with Crippen LogP contribution in [0, 0.1) is 11.8 Å². The van der Waals surface area contributed by atoms with Crippen molar-refractivity contribution in [3.05, 3.63) is 29.3 Å². The lowest BCUT2D eigenvalue weighted by Crippen LogP contribution is -2.44. The van der Waals surface area contributed by atoms with Crippen molar-refractivity contribution in [2.24, 2.45) is 11.8 Å². The van der Waals surface area contributed by atoms with Crippen molar-refractivity contribution in [3.8, 4) is 0 Å². The number of hydrogen-bond donors (Lipinski definition) is 1. The van der Waals surface area contributed by atoms with E-state index in [0.29, 0.717) is 22.5 Å². The number of carbonyl (C=O) groups excluding carboxylic acids is 2. The number of hydrogen-bond acceptors (Lipinski definition) is 3. The fourth-order valence-corrected chi connectivity index (χ4v) is 2.73. The van der Waals surface area contributed by atoms with Crippen molar-refractivity contribution >= 4 is 29.1 Å². The smallest absolute Gasteiger partial charge is 0.238 e. The summed E-state index contributed by atoms with van der Waals surface area (Å²) >= 11 is 6.04. The summed E-state index contributed by atoms with van der Waals surface area (Å²) in [7, 11) is 1.77. The molecule has 0 fully saturated rings. The second-order valence-corrected chi connectivity index (χ2v) is 7.69. The summed E-state index contributed by atoms with van der Waals surface area (Å²) < 4.78 is 0. The molecule has 1 N–H and O–H groups in total. The molecule has 0 atom stereocenters. The normalized spacial score (nSPS) is 11.2. The molecule has 1 aromatic carbocycles. The van der Waals surface area contributed by atoms with Gasteiger partial charge in [-0.25, -0.2) is 0 Å². The maximum absolute atomic E-state index is 12.5. The van der Waals surface area contributed by atoms with Crippen molar-refractivity contribution in [2.45, 2.75) is 27.7 Å². The zero-order valence-electron chi connectivity index (χ0n) is 15.9. The molecule has 0 spiro atoms. The van der Waals surface area contributed by atoms with Gasteiger partial charge in [-0.05, 0) is 31.0 Å². The number of halogens is 1. The number of benzene rings is 1. The van der Waals surface area contributed by atoms with Gasteiger partial charge in [-0.1, -0.05) is 51.4 Å². The highest BCUT2D eigenvalue weighted by Gasteiger charge is 2.19. The second kappa shape index (κ2) is 10.4. The molecular formula is C19H30ClN3O2. The van der Waals surface area contributed by atoms with Gasteiger partial charge in [-0.3, -0.25) is 14.5 Å². The first kappa shape index (κ1) is 21.5. The minimum atomic E-state index is -0.192. The minimum Gasteiger partial charge on any atom is -0.341 e. The van der Waals surface area contributed by atoms with Crippen LogP contribution in [0.5, 0.6) is 0 Å². The predicted octanol–water partition coefficient (Wildman–Crippen LogP) is 3.35. The van der Waals surface area contributed by atoms with Gasteiger partial charge in [0.15, 0.2) is 0 Å². The van der Waals surface area contributed by atoms with Crippen LogP contribution in [0.4, 0.5) is 5.69 Å². The van der Waals surface area contributed by atoms with E-state index in [1.165, 1.54) is 0 Å². The number of para-hydroxylation sites is 1. The van der Waals surface area contributed by atoms with Crippen LogP contribution in [0.1, 0.15) is 27.7 Å². The molecule has 0 saturated carbocycles. The van der Waals surface area contributed by atoms with E-state index in [4.69, 9.17) is 11.6 Å². The maximum atomic E-state index is 12.5. The van der Waals surface area contributed by atoms with Crippen LogP contribution in [-0.4, -0.2) is 54.8 Å². The Hall–Kier alpha value is -1.59. The van der Waals surface area contributed by atoms with Gasteiger partial charge in [0.2, 0.25) is 11.8 Å². The molecule has 0 aromatic heterocycles. The standard InChI is InChI=1S/C19H30ClN3O2/c1-14(2)10-23(11-15(3)4)19(25)13-22(5)12-18(24)21-17-9-7-6-8-16(17)20/h6-9,14-15H,10-13H2,1-5H3,(H,21,24). The molecule has 25 heavy (non-hydrogen) atoms. The third kappa shape index (κ3) is 8.36. The zero-order valence-corrected chi connectivity index (χ0v) is 16.6. The molecule has 0 radical (unpaired) electrons. The summed E-state index contributed by atoms with van der Waals surface area (Å²) in [5.74, 6) is 0.686. The van der Waals surface area contributed by atoms with Gasteiger partial charge in [-0.15, -0.1) is 0 Å². The average Bonchev–Trinajstić information content (AvgIpc) is 2.47. The Labute approximate surface area is 156 Å². The van der Waals surface area contributed by atoms with Crippen LogP contribution < -0.4 is 5.32 Å². The fourth-order valence-electron chi connectivity index (χ4n) is 2.54. The van der Waals surface area contributed by atoms with Crippen molar-refractivity contribution in [1.29, 1.82) is 0 Å². The third-order valence-electron chi connectivity index (χ3n) is 3.49. The van der Waals surface area contributed by atoms with E-state index < -0.39 is 0 Å². The minimum absolute atomic E-state index is 0.0513. The summed E-state index contributed by atoms with van der Waals surface area (Å²) in [5, 5.41) is 3.27. The number of nitrogens with zero attached hydrogens (tertiary/aromatic N) is 2. The molecule has 0 aliphatic heterocycles. The van der Waals surface area contributed by atoms with E-state index in [9.17, 15) is 9.59 Å². The number of rotatable bonds is 9. The summed E-state index contributed by atoms with van der Waals surface area (Å²) in [6, 6.07) is 7.09. The van der Waals surface area contributed by atoms with Crippen molar-refractivity contribution in [2.75, 3.05) is 38.5 Å². The molecule has 0 aliphatic rings. The second-order valence-electron chi connectivity index (χ2n) is 7.29. The quantitative estimate of drug-likeness (QED) is 0.728. The van der Waals surface area contributed by atoms with Crippen LogP contribution in [0.15, 0.2) is 24.3 Å². The van der Waals surface area contributed by atoms with E-state index in [1.54, 1.807) is 30.1 Å². The Morgan fingerprint density at radius 3 is 2.12 bits per heavy atom. The van der Waals surface area contributed by atoms with Crippen LogP contribution in [0.25, 0.3) is 0 Å². The lowest BCUT2D eigenvalue weighted by atomic mass is 10.1. The number of amides is 2. The van der Waals surface area contributed by atoms with E-state index >= 15 is 0 Å². The molecule has 5 nitrogen and oxygen atoms in total. The largest absolute Gasteiger partial charge is 0.341 e. The molecule has 0 bridgehead atoms. The van der Waals surface area contributed by atoms with Gasteiger partial charge in [0.1, 0.15) is 0 Å². The molecular weight excluding hydrogens is 338 g/mol. The van der Waals surface area contributed by atoms with Gasteiger partial charge in [0.05, 0.1) is 23.8 Å². The van der Waals surface area contributed by atoms with Gasteiger partial charge in [0.25, 0.3) is 0 Å². The third-order valence-corrected chi connectivity index (χ3v) is 3.82. The Balaban J connectivity index is 2.55. The van der Waals surface area contributed by atoms with Gasteiger partial charge in [-0.2, -0.15) is 0 Å². The predicted molar refractivity (Wildman–Crippen MR) is 104 cm³/mol. The molecule has 1 rings (SSSR count). The average molecular weight is 368 g/mol. The Morgan fingerprint density at radius 1 is 1.04 bits per heavy atom. The first-order valence-corrected chi connectivity index (χ1v) is 9.07. The monoisotopic (exact) mass is 367 g/mol. The Morgan fingerprint density at radius 2 is 1.60 bits per heavy atom. The lowest BCUT2D eigenvalue weighted by molar-refractivity contribution is -0.133. The molecule has 0 unspecified atom stereocenters. The number of anilines is 1. The number of carbonyl (C=O) groups is 2. The van der Waals surface area contributed by atoms with Crippen molar-refractivity contribution < 1.29 is 9.59 Å². The van der Waals surface area contributed by atoms with Crippen molar-refractivity contribution in [3.63, 3.8) is 0 Å². The lowest BCUT2D eigenvalue weighted by Gasteiger charge is -2.28. The molecule has 0 heterocycles. The van der Waals surface area contributed by atoms with Gasteiger partial charge >= 0.3 is 0 Å². The molecule has 140 valence electrons. The highest BCUT2D eigenvalue weighted by Crippen LogP contribution is 2.20. The SMILES string of the molecule is CC(C)CN(CC(C)C)C(=O)CN(C)CC(=O)Nc1ccccc1Cl. The summed E-state index contributed by atoms with van der Waals surface area (Å²) in [4.78, 5) is 28.3. The fraction of sp³-hybridized carbons (Fsp3) is 0.579. The van der Waals surface area contributed by atoms with Crippen LogP contribution in [-0.2, 0) is 9.59 Å². The van der Waals surface area contributed by atoms with Crippen LogP contribution >= 0.6 is 11.6 Å². The van der Waals surface area contributed by atoms with Gasteiger partial charge in [0, 0.05) is 13.1 Å². The van der Waals surface area contributed by atoms with Crippen LogP contribution in [0.2, 0.25) is 5.02 Å². The van der Waals surface area contributed by atoms with Crippen LogP contribution in [0.3, 0.4) is 0 Å². The molecule has 1 aromatic rings. The highest BCUT2D eigenvalue weighted by atomic mass is 35.5. The molecule has 6 heteroatoms.